The second-order valence-corrected chi connectivity index (χ2v) is 11.9. The van der Waals surface area contributed by atoms with Crippen LogP contribution in [-0.4, -0.2) is 27.7 Å². The lowest BCUT2D eigenvalue weighted by atomic mass is 9.50. The van der Waals surface area contributed by atoms with Gasteiger partial charge in [0.05, 0.1) is 0 Å². The Bertz CT molecular complexity index is 703. The van der Waals surface area contributed by atoms with E-state index in [-0.39, 0.29) is 10.8 Å². The lowest BCUT2D eigenvalue weighted by Gasteiger charge is -2.54. The van der Waals surface area contributed by atoms with Gasteiger partial charge in [-0.15, -0.1) is 0 Å². The third-order valence-corrected chi connectivity index (χ3v) is 9.66. The van der Waals surface area contributed by atoms with Crippen LogP contribution < -0.4 is 0 Å². The third-order valence-electron chi connectivity index (χ3n) is 9.66. The average molecular weight is 389 g/mol. The van der Waals surface area contributed by atoms with Gasteiger partial charge >= 0.3 is 0 Å². The Balaban J connectivity index is 1.72. The van der Waals surface area contributed by atoms with Crippen molar-refractivity contribution in [3.63, 3.8) is 0 Å². The van der Waals surface area contributed by atoms with Crippen molar-refractivity contribution in [2.75, 3.05) is 0 Å². The highest BCUT2D eigenvalue weighted by atomic mass is 16.3. The topological polar surface area (TPSA) is 57.5 Å². The quantitative estimate of drug-likeness (QED) is 0.673. The van der Waals surface area contributed by atoms with Gasteiger partial charge in [-0.05, 0) is 98.7 Å². The summed E-state index contributed by atoms with van der Waals surface area (Å²) < 4.78 is 0. The molecule has 0 aromatic rings. The number of carbonyl (C=O) groups is 1. The van der Waals surface area contributed by atoms with Crippen LogP contribution >= 0.6 is 0 Å². The number of hydrogen-bond donors (Lipinski definition) is 2. The van der Waals surface area contributed by atoms with Gasteiger partial charge in [-0.1, -0.05) is 39.3 Å². The summed E-state index contributed by atoms with van der Waals surface area (Å²) in [6.45, 7) is 12.6. The van der Waals surface area contributed by atoms with E-state index < -0.39 is 17.5 Å². The molecule has 0 aromatic heterocycles. The number of aliphatic hydroxyl groups is 2. The Hall–Kier alpha value is -0.670. The van der Waals surface area contributed by atoms with Gasteiger partial charge in [0.2, 0.25) is 0 Å². The molecule has 3 fully saturated rings. The zero-order valence-corrected chi connectivity index (χ0v) is 18.7. The van der Waals surface area contributed by atoms with Crippen LogP contribution in [0.2, 0.25) is 0 Å². The van der Waals surface area contributed by atoms with Crippen molar-refractivity contribution in [2.24, 2.45) is 39.9 Å². The average Bonchev–Trinajstić information content (AvgIpc) is 3.18. The molecule has 0 aliphatic heterocycles. The van der Waals surface area contributed by atoms with E-state index in [4.69, 9.17) is 0 Å². The van der Waals surface area contributed by atoms with E-state index >= 15 is 0 Å². The molecule has 0 amide bonds. The third kappa shape index (κ3) is 2.64. The zero-order valence-electron chi connectivity index (χ0n) is 18.7. The van der Waals surface area contributed by atoms with Gasteiger partial charge in [-0.2, -0.15) is 0 Å². The summed E-state index contributed by atoms with van der Waals surface area (Å²) in [6, 6.07) is 0. The summed E-state index contributed by atoms with van der Waals surface area (Å²) in [6.07, 6.45) is 9.51. The van der Waals surface area contributed by atoms with Gasteiger partial charge < -0.3 is 10.2 Å². The number of Topliss-reactive ketones (excluding diaryl/α,β-unsaturated/α-hetero) is 1. The van der Waals surface area contributed by atoms with E-state index in [1.165, 1.54) is 39.5 Å². The largest absolute Gasteiger partial charge is 0.385 e. The summed E-state index contributed by atoms with van der Waals surface area (Å²) >= 11 is 0. The van der Waals surface area contributed by atoms with Gasteiger partial charge in [0.15, 0.2) is 5.78 Å². The van der Waals surface area contributed by atoms with Crippen molar-refractivity contribution in [3.8, 4) is 0 Å². The molecule has 4 aliphatic carbocycles. The maximum atomic E-state index is 12.5. The maximum Gasteiger partial charge on any atom is 0.192 e. The molecule has 4 aliphatic rings. The van der Waals surface area contributed by atoms with Crippen molar-refractivity contribution < 1.29 is 15.0 Å². The lowest BCUT2D eigenvalue weighted by molar-refractivity contribution is -0.145. The summed E-state index contributed by atoms with van der Waals surface area (Å²) in [7, 11) is 0. The Morgan fingerprint density at radius 1 is 1.18 bits per heavy atom. The first-order valence-corrected chi connectivity index (χ1v) is 11.5. The molecule has 0 heterocycles. The van der Waals surface area contributed by atoms with Crippen LogP contribution in [0.5, 0.6) is 0 Å². The van der Waals surface area contributed by atoms with Gasteiger partial charge in [0, 0.05) is 0 Å². The fraction of sp³-hybridized carbons (Fsp3) is 0.880. The maximum absolute atomic E-state index is 12.5. The molecule has 28 heavy (non-hydrogen) atoms. The molecule has 0 aromatic carbocycles. The minimum Gasteiger partial charge on any atom is -0.385 e. The smallest absolute Gasteiger partial charge is 0.192 e. The van der Waals surface area contributed by atoms with E-state index in [0.29, 0.717) is 29.6 Å². The van der Waals surface area contributed by atoms with Crippen molar-refractivity contribution in [2.45, 2.75) is 98.2 Å². The Kier molecular flexibility index (Phi) is 4.54. The molecule has 3 nitrogen and oxygen atoms in total. The highest BCUT2D eigenvalue weighted by Crippen LogP contribution is 2.74. The van der Waals surface area contributed by atoms with E-state index in [9.17, 15) is 15.0 Å². The SMILES string of the molecule is C[C@H]1CCC23C1=C[C@@]1(C)CC[C@](C)(CC(O)C(=O)C(C)(C)O)[C@H]1[C@@H]2CC[C@@H]3C. The highest BCUT2D eigenvalue weighted by molar-refractivity contribution is 5.90. The van der Waals surface area contributed by atoms with Crippen molar-refractivity contribution in [3.05, 3.63) is 11.6 Å². The van der Waals surface area contributed by atoms with Gasteiger partial charge in [-0.25, -0.2) is 0 Å². The Morgan fingerprint density at radius 3 is 2.50 bits per heavy atom. The molecule has 2 N–H and O–H groups in total. The molecular formula is C25H40O3. The number of ketones is 1. The van der Waals surface area contributed by atoms with E-state index in [1.807, 2.05) is 0 Å². The number of fused-ring (bicyclic) bond motifs is 2. The monoisotopic (exact) mass is 388 g/mol. The molecule has 158 valence electrons. The van der Waals surface area contributed by atoms with Crippen LogP contribution in [-0.2, 0) is 4.79 Å². The van der Waals surface area contributed by atoms with Crippen LogP contribution in [0.25, 0.3) is 0 Å². The Labute approximate surface area is 171 Å². The van der Waals surface area contributed by atoms with Crippen LogP contribution in [0, 0.1) is 39.9 Å². The lowest BCUT2D eigenvalue weighted by Crippen LogP contribution is -2.50. The van der Waals surface area contributed by atoms with Gasteiger partial charge in [-0.3, -0.25) is 4.79 Å². The van der Waals surface area contributed by atoms with Crippen molar-refractivity contribution in [1.82, 2.24) is 0 Å². The van der Waals surface area contributed by atoms with Crippen molar-refractivity contribution >= 4 is 5.78 Å². The van der Waals surface area contributed by atoms with Crippen LogP contribution in [0.3, 0.4) is 0 Å². The van der Waals surface area contributed by atoms with Gasteiger partial charge in [0.1, 0.15) is 11.7 Å². The molecule has 0 bridgehead atoms. The number of hydrogen-bond acceptors (Lipinski definition) is 3. The Morgan fingerprint density at radius 2 is 1.86 bits per heavy atom. The predicted molar refractivity (Wildman–Crippen MR) is 112 cm³/mol. The van der Waals surface area contributed by atoms with Gasteiger partial charge in [0.25, 0.3) is 0 Å². The molecular weight excluding hydrogens is 348 g/mol. The minimum atomic E-state index is -1.47. The molecule has 2 unspecified atom stereocenters. The fourth-order valence-corrected chi connectivity index (χ4v) is 8.49. The molecule has 0 radical (unpaired) electrons. The number of aliphatic hydroxyl groups excluding tert-OH is 1. The summed E-state index contributed by atoms with van der Waals surface area (Å²) in [5, 5.41) is 20.9. The number of carbonyl (C=O) groups excluding carboxylic acids is 1. The van der Waals surface area contributed by atoms with E-state index in [0.717, 1.165) is 18.8 Å². The molecule has 4 rings (SSSR count). The normalized spacial score (nSPS) is 48.6. The summed E-state index contributed by atoms with van der Waals surface area (Å²) in [5.74, 6) is 2.21. The predicted octanol–water partition coefficient (Wildman–Crippen LogP) is 4.90. The zero-order chi connectivity index (χ0) is 20.7. The van der Waals surface area contributed by atoms with Crippen LogP contribution in [0.4, 0.5) is 0 Å². The first-order valence-electron chi connectivity index (χ1n) is 11.5. The number of rotatable bonds is 4. The van der Waals surface area contributed by atoms with Crippen molar-refractivity contribution in [1.29, 1.82) is 0 Å². The second-order valence-electron chi connectivity index (χ2n) is 11.9. The minimum absolute atomic E-state index is 0.0509. The molecule has 0 saturated heterocycles. The number of allylic oxidation sites excluding steroid dienone is 2. The first kappa shape index (κ1) is 20.6. The molecule has 8 atom stereocenters. The van der Waals surface area contributed by atoms with E-state index in [2.05, 4.69) is 33.8 Å². The summed E-state index contributed by atoms with van der Waals surface area (Å²) in [5.41, 5.74) is 0.767. The fourth-order valence-electron chi connectivity index (χ4n) is 8.49. The van der Waals surface area contributed by atoms with Crippen LogP contribution in [0.1, 0.15) is 86.5 Å². The van der Waals surface area contributed by atoms with Crippen LogP contribution in [0.15, 0.2) is 11.6 Å². The first-order chi connectivity index (χ1) is 12.9. The standard InChI is InChI=1S/C25H40O3/c1-15-9-10-25-16(2)7-8-17(25)20-23(5,13-18(15)25)11-12-24(20,6)14-19(26)21(27)22(3,4)28/h13,15-17,19-20,26,28H,7-12,14H2,1-6H3/t15-,16-,17-,19?,20-,23+,24+,25?/m0/s1. The van der Waals surface area contributed by atoms with E-state index in [1.54, 1.807) is 5.57 Å². The summed E-state index contributed by atoms with van der Waals surface area (Å²) in [4.78, 5) is 12.5. The molecule has 3 saturated carbocycles. The molecule has 3 heteroatoms. The second kappa shape index (κ2) is 6.17. The highest BCUT2D eigenvalue weighted by Gasteiger charge is 2.67. The molecule has 1 spiro atoms.